The van der Waals surface area contributed by atoms with Crippen molar-refractivity contribution < 1.29 is 14.2 Å². The molecule has 11 heteroatoms. The van der Waals surface area contributed by atoms with E-state index in [2.05, 4.69) is 10.1 Å². The number of imidazole rings is 1. The van der Waals surface area contributed by atoms with Crippen LogP contribution in [0.15, 0.2) is 72.3 Å². The minimum atomic E-state index is -1.11. The molecule has 182 valence electrons. The van der Waals surface area contributed by atoms with Crippen molar-refractivity contribution in [2.24, 2.45) is 0 Å². The molecule has 1 aliphatic rings. The summed E-state index contributed by atoms with van der Waals surface area (Å²) in [5, 5.41) is 5.07. The number of ether oxygens (including phenoxy) is 3. The van der Waals surface area contributed by atoms with Gasteiger partial charge in [-0.3, -0.25) is 0 Å². The van der Waals surface area contributed by atoms with Crippen molar-refractivity contribution in [3.8, 4) is 11.4 Å². The van der Waals surface area contributed by atoms with Gasteiger partial charge in [-0.2, -0.15) is 5.10 Å². The third-order valence-electron chi connectivity index (χ3n) is 5.73. The van der Waals surface area contributed by atoms with Crippen LogP contribution >= 0.6 is 23.2 Å². The molecule has 4 aromatic rings. The van der Waals surface area contributed by atoms with Crippen molar-refractivity contribution in [2.75, 3.05) is 13.2 Å². The zero-order chi connectivity index (χ0) is 24.4. The zero-order valence-corrected chi connectivity index (χ0v) is 20.4. The van der Waals surface area contributed by atoms with Gasteiger partial charge in [-0.05, 0) is 43.3 Å². The number of hydrogen-bond donors (Lipinski definition) is 0. The summed E-state index contributed by atoms with van der Waals surface area (Å²) in [7, 11) is 0. The van der Waals surface area contributed by atoms with Gasteiger partial charge in [0.05, 0.1) is 30.2 Å². The predicted molar refractivity (Wildman–Crippen MR) is 130 cm³/mol. The van der Waals surface area contributed by atoms with Gasteiger partial charge in [0, 0.05) is 29.5 Å². The van der Waals surface area contributed by atoms with Crippen LogP contribution < -0.4 is 10.4 Å². The maximum Gasteiger partial charge on any atom is 0.350 e. The molecular formula is C24H23Cl2N5O4. The summed E-state index contributed by atoms with van der Waals surface area (Å²) in [6.45, 7) is 3.33. The molecule has 2 aromatic carbocycles. The molecular weight excluding hydrogens is 493 g/mol. The summed E-state index contributed by atoms with van der Waals surface area (Å²) in [5.41, 5.74) is 1.20. The second kappa shape index (κ2) is 9.87. The first kappa shape index (κ1) is 23.6. The molecule has 0 radical (unpaired) electrons. The van der Waals surface area contributed by atoms with Crippen LogP contribution in [0.1, 0.15) is 12.5 Å². The van der Waals surface area contributed by atoms with E-state index in [-0.39, 0.29) is 18.4 Å². The van der Waals surface area contributed by atoms with Crippen molar-refractivity contribution in [2.45, 2.75) is 31.9 Å². The fourth-order valence-corrected chi connectivity index (χ4v) is 4.55. The standard InChI is InChI=1S/C24H23Cl2N5O4/c1-2-31-23(32)30(16-28-31)18-4-6-19(7-5-18)33-12-20-13-34-24(35-20,14-29-10-9-27-15-29)21-8-3-17(25)11-22(21)26/h3-11,15-16,20H,2,12-14H2,1H3/t20-,24-/m1/s1. The largest absolute Gasteiger partial charge is 0.491 e. The fraction of sp³-hybridized carbons (Fsp3) is 0.292. The van der Waals surface area contributed by atoms with Gasteiger partial charge >= 0.3 is 5.69 Å². The maximum absolute atomic E-state index is 12.3. The van der Waals surface area contributed by atoms with Crippen molar-refractivity contribution in [1.82, 2.24) is 23.9 Å². The quantitative estimate of drug-likeness (QED) is 0.353. The summed E-state index contributed by atoms with van der Waals surface area (Å²) in [6, 6.07) is 12.5. The van der Waals surface area contributed by atoms with E-state index in [4.69, 9.17) is 37.4 Å². The molecule has 35 heavy (non-hydrogen) atoms. The average Bonchev–Trinajstić information content (AvgIpc) is 3.59. The molecule has 2 aromatic heterocycles. The lowest BCUT2D eigenvalue weighted by molar-refractivity contribution is -0.189. The third-order valence-corrected chi connectivity index (χ3v) is 6.28. The van der Waals surface area contributed by atoms with Crippen molar-refractivity contribution >= 4 is 23.2 Å². The van der Waals surface area contributed by atoms with Gasteiger partial charge in [0.2, 0.25) is 5.79 Å². The van der Waals surface area contributed by atoms with E-state index in [9.17, 15) is 4.79 Å². The molecule has 0 bridgehead atoms. The highest BCUT2D eigenvalue weighted by molar-refractivity contribution is 6.35. The van der Waals surface area contributed by atoms with Crippen LogP contribution in [0.4, 0.5) is 0 Å². The van der Waals surface area contributed by atoms with E-state index in [1.165, 1.54) is 15.6 Å². The Morgan fingerprint density at radius 3 is 2.69 bits per heavy atom. The van der Waals surface area contributed by atoms with Gasteiger partial charge in [0.1, 0.15) is 24.8 Å². The Bertz CT molecular complexity index is 1350. The van der Waals surface area contributed by atoms with Crippen LogP contribution in [0.5, 0.6) is 5.75 Å². The summed E-state index contributed by atoms with van der Waals surface area (Å²) < 4.78 is 23.3. The second-order valence-corrected chi connectivity index (χ2v) is 8.91. The van der Waals surface area contributed by atoms with Crippen LogP contribution in [0.25, 0.3) is 5.69 Å². The minimum Gasteiger partial charge on any atom is -0.491 e. The number of benzene rings is 2. The minimum absolute atomic E-state index is 0.187. The van der Waals surface area contributed by atoms with E-state index in [1.54, 1.807) is 48.9 Å². The molecule has 2 atom stereocenters. The summed E-state index contributed by atoms with van der Waals surface area (Å²) in [5.74, 6) is -0.467. The van der Waals surface area contributed by atoms with E-state index in [1.807, 2.05) is 23.8 Å². The van der Waals surface area contributed by atoms with Crippen LogP contribution in [0, 0.1) is 0 Å². The number of aryl methyl sites for hydroxylation is 1. The molecule has 5 rings (SSSR count). The van der Waals surface area contributed by atoms with Crippen molar-refractivity contribution in [3.05, 3.63) is 93.6 Å². The smallest absolute Gasteiger partial charge is 0.350 e. The second-order valence-electron chi connectivity index (χ2n) is 8.07. The van der Waals surface area contributed by atoms with Gasteiger partial charge in [0.15, 0.2) is 0 Å². The Balaban J connectivity index is 1.29. The Labute approximate surface area is 211 Å². The summed E-state index contributed by atoms with van der Waals surface area (Å²) >= 11 is 12.6. The molecule has 3 heterocycles. The molecule has 0 N–H and O–H groups in total. The molecule has 1 aliphatic heterocycles. The molecule has 0 spiro atoms. The number of aromatic nitrogens is 5. The van der Waals surface area contributed by atoms with Crippen LogP contribution in [0.2, 0.25) is 10.0 Å². The van der Waals surface area contributed by atoms with Gasteiger partial charge in [-0.25, -0.2) is 19.0 Å². The Morgan fingerprint density at radius 2 is 2.00 bits per heavy atom. The molecule has 0 aliphatic carbocycles. The SMILES string of the molecule is CCn1ncn(-c2ccc(OC[C@@H]3CO[C@@](Cn4ccnc4)(c4ccc(Cl)cc4Cl)O3)cc2)c1=O. The number of hydrogen-bond acceptors (Lipinski definition) is 6. The van der Waals surface area contributed by atoms with E-state index < -0.39 is 5.79 Å². The highest BCUT2D eigenvalue weighted by Crippen LogP contribution is 2.40. The summed E-state index contributed by atoms with van der Waals surface area (Å²) in [4.78, 5) is 16.4. The highest BCUT2D eigenvalue weighted by atomic mass is 35.5. The lowest BCUT2D eigenvalue weighted by Crippen LogP contribution is -2.34. The van der Waals surface area contributed by atoms with Gasteiger partial charge < -0.3 is 18.8 Å². The fourth-order valence-electron chi connectivity index (χ4n) is 4.00. The Hall–Kier alpha value is -3.11. The van der Waals surface area contributed by atoms with Gasteiger partial charge in [-0.1, -0.05) is 29.3 Å². The van der Waals surface area contributed by atoms with Crippen molar-refractivity contribution in [3.63, 3.8) is 0 Å². The molecule has 1 fully saturated rings. The van der Waals surface area contributed by atoms with Crippen LogP contribution in [-0.4, -0.2) is 43.2 Å². The third kappa shape index (κ3) is 4.85. The number of halogens is 2. The first-order chi connectivity index (χ1) is 17.0. The monoisotopic (exact) mass is 515 g/mol. The van der Waals surface area contributed by atoms with Gasteiger partial charge in [0.25, 0.3) is 0 Å². The van der Waals surface area contributed by atoms with E-state index in [0.29, 0.717) is 46.7 Å². The molecule has 0 saturated carbocycles. The van der Waals surface area contributed by atoms with Gasteiger partial charge in [-0.15, -0.1) is 0 Å². The molecule has 1 saturated heterocycles. The first-order valence-corrected chi connectivity index (χ1v) is 11.8. The van der Waals surface area contributed by atoms with Crippen LogP contribution in [0.3, 0.4) is 0 Å². The van der Waals surface area contributed by atoms with E-state index >= 15 is 0 Å². The molecule has 0 unspecified atom stereocenters. The Kier molecular flexibility index (Phi) is 6.66. The van der Waals surface area contributed by atoms with E-state index in [0.717, 1.165) is 0 Å². The Morgan fingerprint density at radius 1 is 1.17 bits per heavy atom. The van der Waals surface area contributed by atoms with Crippen LogP contribution in [-0.2, 0) is 28.4 Å². The average molecular weight is 516 g/mol. The lowest BCUT2D eigenvalue weighted by atomic mass is 10.1. The maximum atomic E-state index is 12.3. The molecule has 0 amide bonds. The molecule has 9 nitrogen and oxygen atoms in total. The van der Waals surface area contributed by atoms with Crippen molar-refractivity contribution in [1.29, 1.82) is 0 Å². The highest BCUT2D eigenvalue weighted by Gasteiger charge is 2.45. The summed E-state index contributed by atoms with van der Waals surface area (Å²) in [6.07, 6.45) is 6.39. The topological polar surface area (TPSA) is 85.3 Å². The number of rotatable bonds is 8. The first-order valence-electron chi connectivity index (χ1n) is 11.1. The normalized spacial score (nSPS) is 19.8. The zero-order valence-electron chi connectivity index (χ0n) is 18.9. The number of nitrogens with zero attached hydrogens (tertiary/aromatic N) is 5. The lowest BCUT2D eigenvalue weighted by Gasteiger charge is -2.30. The predicted octanol–water partition coefficient (Wildman–Crippen LogP) is 3.90.